The van der Waals surface area contributed by atoms with Gasteiger partial charge < -0.3 is 10.6 Å². The number of amides is 1. The van der Waals surface area contributed by atoms with Gasteiger partial charge in [-0.15, -0.1) is 0 Å². The molecule has 1 heterocycles. The van der Waals surface area contributed by atoms with Gasteiger partial charge in [0.15, 0.2) is 0 Å². The average Bonchev–Trinajstić information content (AvgIpc) is 3.17. The molecule has 1 aromatic rings. The summed E-state index contributed by atoms with van der Waals surface area (Å²) >= 11 is 0. The molecule has 2 atom stereocenters. The molecule has 1 amide bonds. The lowest BCUT2D eigenvalue weighted by molar-refractivity contribution is -0.137. The molecule has 0 aromatic heterocycles. The summed E-state index contributed by atoms with van der Waals surface area (Å²) in [6.45, 7) is 2.46. The van der Waals surface area contributed by atoms with Crippen molar-refractivity contribution >= 4 is 5.91 Å². The van der Waals surface area contributed by atoms with Gasteiger partial charge in [-0.2, -0.15) is 13.2 Å². The van der Waals surface area contributed by atoms with E-state index in [-0.39, 0.29) is 24.1 Å². The molecule has 8 heteroatoms. The molecule has 26 heavy (non-hydrogen) atoms. The van der Waals surface area contributed by atoms with Gasteiger partial charge in [-0.25, -0.2) is 8.78 Å². The number of carbonyl (C=O) groups is 1. The van der Waals surface area contributed by atoms with Gasteiger partial charge >= 0.3 is 6.18 Å². The third-order valence-electron chi connectivity index (χ3n) is 5.01. The van der Waals surface area contributed by atoms with Crippen LogP contribution in [0.3, 0.4) is 0 Å². The minimum Gasteiger partial charge on any atom is -0.345 e. The van der Waals surface area contributed by atoms with Crippen LogP contribution in [0, 0.1) is 0 Å². The van der Waals surface area contributed by atoms with E-state index in [1.165, 1.54) is 19.9 Å². The summed E-state index contributed by atoms with van der Waals surface area (Å²) in [6.07, 6.45) is -4.79. The maximum atomic E-state index is 14.3. The Kier molecular flexibility index (Phi) is 4.53. The quantitative estimate of drug-likeness (QED) is 0.787. The van der Waals surface area contributed by atoms with Crippen LogP contribution in [0.2, 0.25) is 0 Å². The lowest BCUT2D eigenvalue weighted by Gasteiger charge is -2.24. The summed E-state index contributed by atoms with van der Waals surface area (Å²) in [6, 6.07) is 2.43. The van der Waals surface area contributed by atoms with Gasteiger partial charge in [0.05, 0.1) is 17.1 Å². The molecule has 144 valence electrons. The zero-order valence-electron chi connectivity index (χ0n) is 14.5. The average molecular weight is 376 g/mol. The van der Waals surface area contributed by atoms with Crippen molar-refractivity contribution in [2.45, 2.75) is 62.7 Å². The summed E-state index contributed by atoms with van der Waals surface area (Å²) in [7, 11) is 0. The largest absolute Gasteiger partial charge is 0.416 e. The number of benzene rings is 1. The molecular weight excluding hydrogens is 355 g/mol. The van der Waals surface area contributed by atoms with Gasteiger partial charge in [0.1, 0.15) is 11.8 Å². The third kappa shape index (κ3) is 3.84. The molecule has 0 unspecified atom stereocenters. The van der Waals surface area contributed by atoms with Crippen LogP contribution in [0.1, 0.15) is 49.8 Å². The standard InChI is InChI=1S/C18H21F5N2O/c1-16(2,20)10-5-11(7-12(6-10)18(21,22)23)17(3-4-17)25-15(26)14-8-13(19)9-24-14/h5-7,13-14,24H,3-4,8-9H2,1-2H3,(H,25,26)/t13-,14-/m1/s1. The fraction of sp³-hybridized carbons (Fsp3) is 0.611. The van der Waals surface area contributed by atoms with Crippen LogP contribution >= 0.6 is 0 Å². The number of hydrogen-bond donors (Lipinski definition) is 2. The maximum Gasteiger partial charge on any atom is 0.416 e. The van der Waals surface area contributed by atoms with Crippen LogP contribution in [-0.4, -0.2) is 24.7 Å². The van der Waals surface area contributed by atoms with E-state index >= 15 is 0 Å². The SMILES string of the molecule is CC(C)(F)c1cc(C(F)(F)F)cc(C2(NC(=O)[C@H]3C[C@@H](F)CN3)CC2)c1. The molecule has 3 rings (SSSR count). The number of hydrogen-bond acceptors (Lipinski definition) is 2. The Bertz CT molecular complexity index is 674. The summed E-state index contributed by atoms with van der Waals surface area (Å²) in [5.41, 5.74) is -3.71. The molecule has 0 bridgehead atoms. The minimum absolute atomic E-state index is 0.0350. The second-order valence-corrected chi connectivity index (χ2v) is 7.63. The summed E-state index contributed by atoms with van der Waals surface area (Å²) < 4.78 is 67.3. The highest BCUT2D eigenvalue weighted by atomic mass is 19.4. The fourth-order valence-corrected chi connectivity index (χ4v) is 3.24. The lowest BCUT2D eigenvalue weighted by Crippen LogP contribution is -2.45. The van der Waals surface area contributed by atoms with Gasteiger partial charge in [0, 0.05) is 13.0 Å². The predicted octanol–water partition coefficient (Wildman–Crippen LogP) is 3.72. The highest BCUT2D eigenvalue weighted by Gasteiger charge is 2.48. The second kappa shape index (κ2) is 6.18. The van der Waals surface area contributed by atoms with Gasteiger partial charge in [-0.05, 0) is 49.9 Å². The van der Waals surface area contributed by atoms with Crippen LogP contribution in [-0.2, 0) is 22.2 Å². The molecule has 3 nitrogen and oxygen atoms in total. The zero-order chi connectivity index (χ0) is 19.3. The van der Waals surface area contributed by atoms with Crippen LogP contribution in [0.4, 0.5) is 22.0 Å². The van der Waals surface area contributed by atoms with Crippen LogP contribution < -0.4 is 10.6 Å². The maximum absolute atomic E-state index is 14.3. The van der Waals surface area contributed by atoms with Crippen molar-refractivity contribution in [1.29, 1.82) is 0 Å². The summed E-state index contributed by atoms with van der Waals surface area (Å²) in [4.78, 5) is 12.3. The van der Waals surface area contributed by atoms with Gasteiger partial charge in [0.25, 0.3) is 0 Å². The van der Waals surface area contributed by atoms with E-state index < -0.39 is 41.1 Å². The van der Waals surface area contributed by atoms with E-state index in [1.54, 1.807) is 0 Å². The van der Waals surface area contributed by atoms with Crippen LogP contribution in [0.15, 0.2) is 18.2 Å². The normalized spacial score (nSPS) is 25.2. The Morgan fingerprint density at radius 2 is 1.77 bits per heavy atom. The highest BCUT2D eigenvalue weighted by molar-refractivity contribution is 5.83. The first-order valence-corrected chi connectivity index (χ1v) is 8.52. The monoisotopic (exact) mass is 376 g/mol. The smallest absolute Gasteiger partial charge is 0.345 e. The van der Waals surface area contributed by atoms with Crippen molar-refractivity contribution in [2.24, 2.45) is 0 Å². The Labute approximate surface area is 148 Å². The second-order valence-electron chi connectivity index (χ2n) is 7.63. The Hall–Kier alpha value is -1.70. The molecule has 2 N–H and O–H groups in total. The summed E-state index contributed by atoms with van der Waals surface area (Å²) in [5, 5.41) is 5.50. The molecule has 1 aliphatic carbocycles. The number of alkyl halides is 5. The van der Waals surface area contributed by atoms with Gasteiger partial charge in [-0.3, -0.25) is 4.79 Å². The molecule has 1 saturated heterocycles. The van der Waals surface area contributed by atoms with Crippen molar-refractivity contribution in [1.82, 2.24) is 10.6 Å². The molecule has 1 aromatic carbocycles. The van der Waals surface area contributed by atoms with Crippen molar-refractivity contribution < 1.29 is 26.7 Å². The molecule has 0 radical (unpaired) electrons. The Morgan fingerprint density at radius 1 is 1.15 bits per heavy atom. The van der Waals surface area contributed by atoms with Crippen LogP contribution in [0.25, 0.3) is 0 Å². The van der Waals surface area contributed by atoms with Crippen molar-refractivity contribution in [3.8, 4) is 0 Å². The first-order valence-electron chi connectivity index (χ1n) is 8.52. The van der Waals surface area contributed by atoms with E-state index in [2.05, 4.69) is 10.6 Å². The van der Waals surface area contributed by atoms with Crippen molar-refractivity contribution in [3.63, 3.8) is 0 Å². The Morgan fingerprint density at radius 3 is 2.23 bits per heavy atom. The van der Waals surface area contributed by atoms with Crippen molar-refractivity contribution in [2.75, 3.05) is 6.54 Å². The minimum atomic E-state index is -4.62. The predicted molar refractivity (Wildman–Crippen MR) is 85.9 cm³/mol. The first-order chi connectivity index (χ1) is 11.9. The Balaban J connectivity index is 1.91. The van der Waals surface area contributed by atoms with E-state index in [9.17, 15) is 26.7 Å². The van der Waals surface area contributed by atoms with Crippen molar-refractivity contribution in [3.05, 3.63) is 34.9 Å². The molecule has 2 fully saturated rings. The first kappa shape index (κ1) is 19.1. The number of halogens is 5. The van der Waals surface area contributed by atoms with E-state index in [1.807, 2.05) is 0 Å². The topological polar surface area (TPSA) is 41.1 Å². The molecule has 1 aliphatic heterocycles. The van der Waals surface area contributed by atoms with E-state index in [0.29, 0.717) is 12.8 Å². The lowest BCUT2D eigenvalue weighted by atomic mass is 9.91. The molecule has 0 spiro atoms. The van der Waals surface area contributed by atoms with E-state index in [4.69, 9.17) is 0 Å². The number of nitrogens with one attached hydrogen (secondary N) is 2. The summed E-state index contributed by atoms with van der Waals surface area (Å²) in [5.74, 6) is -0.443. The van der Waals surface area contributed by atoms with Crippen LogP contribution in [0.5, 0.6) is 0 Å². The number of carbonyl (C=O) groups excluding carboxylic acids is 1. The number of rotatable bonds is 4. The molecular formula is C18H21F5N2O. The fourth-order valence-electron chi connectivity index (χ4n) is 3.24. The van der Waals surface area contributed by atoms with E-state index in [0.717, 1.165) is 12.1 Å². The van der Waals surface area contributed by atoms with Gasteiger partial charge in [-0.1, -0.05) is 6.07 Å². The van der Waals surface area contributed by atoms with Gasteiger partial charge in [0.2, 0.25) is 5.91 Å². The highest BCUT2D eigenvalue weighted by Crippen LogP contribution is 2.48. The zero-order valence-corrected chi connectivity index (χ0v) is 14.5. The molecule has 2 aliphatic rings. The molecule has 1 saturated carbocycles. The third-order valence-corrected chi connectivity index (χ3v) is 5.01.